The molecule has 384 valence electrons. The number of ether oxygens (including phenoxy) is 2. The lowest BCUT2D eigenvalue weighted by Gasteiger charge is -2.14. The number of hydrogen-bond donors (Lipinski definition) is 4. The number of halogens is 4. The summed E-state index contributed by atoms with van der Waals surface area (Å²) in [4.78, 5) is 64.5. The first kappa shape index (κ1) is 53.7. The highest BCUT2D eigenvalue weighted by Crippen LogP contribution is 2.34. The van der Waals surface area contributed by atoms with Crippen LogP contribution in [-0.4, -0.2) is 82.3 Å². The Morgan fingerprint density at radius 1 is 0.595 bits per heavy atom. The van der Waals surface area contributed by atoms with Crippen LogP contribution in [0.3, 0.4) is 0 Å². The second kappa shape index (κ2) is 22.0. The van der Waals surface area contributed by atoms with E-state index in [1.807, 2.05) is 0 Å². The average molecular weight is 1090 g/mol. The van der Waals surface area contributed by atoms with Crippen molar-refractivity contribution in [3.8, 4) is 34.0 Å². The van der Waals surface area contributed by atoms with Gasteiger partial charge in [-0.3, -0.25) is 37.8 Å². The molecule has 0 saturated carbocycles. The Kier molecular flexibility index (Phi) is 15.9. The van der Waals surface area contributed by atoms with Gasteiger partial charge in [-0.2, -0.15) is 0 Å². The van der Waals surface area contributed by atoms with Crippen molar-refractivity contribution < 1.29 is 54.9 Å². The third-order valence-electron chi connectivity index (χ3n) is 11.0. The van der Waals surface area contributed by atoms with Crippen molar-refractivity contribution in [3.63, 3.8) is 0 Å². The molecule has 4 aromatic carbocycles. The van der Waals surface area contributed by atoms with Crippen LogP contribution in [0.2, 0.25) is 10.0 Å². The fraction of sp³-hybridized carbons (Fsp3) is 0.167. The van der Waals surface area contributed by atoms with E-state index in [9.17, 15) is 44.8 Å². The van der Waals surface area contributed by atoms with E-state index in [0.29, 0.717) is 33.3 Å². The summed E-state index contributed by atoms with van der Waals surface area (Å²) in [6, 6.07) is 18.4. The first-order valence-electron chi connectivity index (χ1n) is 21.5. The first-order valence-corrected chi connectivity index (χ1v) is 25.2. The third-order valence-corrected chi connectivity index (χ3v) is 14.7. The van der Waals surface area contributed by atoms with Crippen LogP contribution in [-0.2, 0) is 42.7 Å². The molecule has 0 aliphatic rings. The van der Waals surface area contributed by atoms with Crippen LogP contribution < -0.4 is 30.0 Å². The number of aromatic nitrogens is 6. The molecular formula is C48H40Cl2F2N8O12S2. The number of anilines is 2. The second-order valence-electron chi connectivity index (χ2n) is 16.3. The predicted molar refractivity (Wildman–Crippen MR) is 270 cm³/mol. The predicted octanol–water partition coefficient (Wildman–Crippen LogP) is 7.56. The van der Waals surface area contributed by atoms with Gasteiger partial charge >= 0.3 is 11.9 Å². The summed E-state index contributed by atoms with van der Waals surface area (Å²) in [6.45, 7) is 2.87. The van der Waals surface area contributed by atoms with Crippen LogP contribution in [0.1, 0.15) is 13.8 Å². The number of aliphatic carboxylic acids is 2. The fourth-order valence-electron chi connectivity index (χ4n) is 7.16. The van der Waals surface area contributed by atoms with Crippen molar-refractivity contribution in [3.05, 3.63) is 152 Å². The van der Waals surface area contributed by atoms with Crippen LogP contribution >= 0.6 is 23.2 Å². The maximum atomic E-state index is 13.4. The van der Waals surface area contributed by atoms with Gasteiger partial charge in [-0.15, -0.1) is 0 Å². The lowest BCUT2D eigenvalue weighted by atomic mass is 10.0. The van der Waals surface area contributed by atoms with Gasteiger partial charge in [-0.25, -0.2) is 45.6 Å². The summed E-state index contributed by atoms with van der Waals surface area (Å²) in [5, 5.41) is 18.2. The van der Waals surface area contributed by atoms with Crippen LogP contribution in [0.25, 0.3) is 44.1 Å². The highest BCUT2D eigenvalue weighted by atomic mass is 35.5. The molecule has 8 aromatic rings. The Balaban J connectivity index is 0.000000216. The van der Waals surface area contributed by atoms with Gasteiger partial charge in [-0.1, -0.05) is 49.2 Å². The minimum Gasteiger partial charge on any atom is -0.481 e. The van der Waals surface area contributed by atoms with E-state index < -0.39 is 66.6 Å². The number of hydrogen-bond acceptors (Lipinski definition) is 14. The fourth-order valence-corrected chi connectivity index (χ4v) is 10.3. The number of pyridine rings is 2. The second-order valence-corrected chi connectivity index (χ2v) is 20.4. The number of rotatable bonds is 16. The molecule has 0 aliphatic heterocycles. The Hall–Kier alpha value is -8.06. The molecule has 0 bridgehead atoms. The maximum absolute atomic E-state index is 13.4. The zero-order valence-corrected chi connectivity index (χ0v) is 42.1. The highest BCUT2D eigenvalue weighted by molar-refractivity contribution is 7.93. The van der Waals surface area contributed by atoms with Crippen molar-refractivity contribution in [2.45, 2.75) is 36.7 Å². The Bertz CT molecular complexity index is 3640. The van der Waals surface area contributed by atoms with Crippen molar-refractivity contribution in [2.75, 3.05) is 23.7 Å². The quantitative estimate of drug-likeness (QED) is 0.0726. The smallest absolute Gasteiger partial charge is 0.308 e. The van der Waals surface area contributed by atoms with Gasteiger partial charge in [0.25, 0.3) is 31.2 Å². The zero-order valence-electron chi connectivity index (χ0n) is 38.9. The molecule has 4 heterocycles. The molecule has 4 N–H and O–H groups in total. The van der Waals surface area contributed by atoms with Crippen molar-refractivity contribution in [1.82, 2.24) is 29.1 Å². The summed E-state index contributed by atoms with van der Waals surface area (Å²) < 4.78 is 96.1. The number of sulfonamides is 2. The van der Waals surface area contributed by atoms with Gasteiger partial charge in [0.05, 0.1) is 70.6 Å². The van der Waals surface area contributed by atoms with Crippen molar-refractivity contribution in [1.29, 1.82) is 0 Å². The van der Waals surface area contributed by atoms with E-state index >= 15 is 0 Å². The summed E-state index contributed by atoms with van der Waals surface area (Å²) in [5.41, 5.74) is 1.86. The van der Waals surface area contributed by atoms with Crippen LogP contribution in [0.4, 0.5) is 20.2 Å². The van der Waals surface area contributed by atoms with Gasteiger partial charge in [0.2, 0.25) is 11.8 Å². The molecule has 26 heteroatoms. The number of methoxy groups -OCH3 is 2. The molecule has 20 nitrogen and oxygen atoms in total. The summed E-state index contributed by atoms with van der Waals surface area (Å²) in [5.74, 6) is -5.10. The SMILES string of the molecule is COc1ncc(-c2ccc3ncn(C[C@@H](C)C(=O)O)c(=O)c3c2)cc1NS(=O)(=O)c1ccc(F)cc1Cl.COc1ncc(-c2ccc3ncn(C[C@H](C)C(=O)O)c(=O)c3c2)cc1NS(=O)(=O)c1ccc(F)cc1Cl. The van der Waals surface area contributed by atoms with Crippen molar-refractivity contribution in [2.24, 2.45) is 11.8 Å². The lowest BCUT2D eigenvalue weighted by Crippen LogP contribution is -2.26. The number of benzene rings is 4. The molecule has 0 spiro atoms. The minimum atomic E-state index is -4.24. The number of carboxylic acids is 2. The molecule has 8 rings (SSSR count). The average Bonchev–Trinajstić information content (AvgIpc) is 3.35. The van der Waals surface area contributed by atoms with E-state index in [2.05, 4.69) is 29.4 Å². The number of carbonyl (C=O) groups is 2. The first-order chi connectivity index (χ1) is 35.0. The number of fused-ring (bicyclic) bond motifs is 2. The van der Waals surface area contributed by atoms with Crippen molar-refractivity contribution >= 4 is 88.4 Å². The summed E-state index contributed by atoms with van der Waals surface area (Å²) >= 11 is 11.9. The molecule has 0 saturated heterocycles. The summed E-state index contributed by atoms with van der Waals surface area (Å²) in [6.07, 6.45) is 5.46. The zero-order chi connectivity index (χ0) is 53.8. The molecule has 0 unspecified atom stereocenters. The molecule has 74 heavy (non-hydrogen) atoms. The molecule has 4 aromatic heterocycles. The molecule has 0 amide bonds. The van der Waals surface area contributed by atoms with E-state index in [-0.39, 0.29) is 66.8 Å². The van der Waals surface area contributed by atoms with E-state index in [1.165, 1.54) is 74.4 Å². The number of nitrogens with one attached hydrogen (secondary N) is 2. The lowest BCUT2D eigenvalue weighted by molar-refractivity contribution is -0.142. The normalized spacial score (nSPS) is 12.3. The molecule has 0 fully saturated rings. The van der Waals surface area contributed by atoms with Gasteiger partial charge in [0.15, 0.2) is 0 Å². The number of nitrogens with zero attached hydrogens (tertiary/aromatic N) is 6. The Labute approximate surface area is 428 Å². The maximum Gasteiger partial charge on any atom is 0.308 e. The molecule has 0 aliphatic carbocycles. The van der Waals surface area contributed by atoms with E-state index in [4.69, 9.17) is 42.9 Å². The van der Waals surface area contributed by atoms with E-state index in [0.717, 1.165) is 36.4 Å². The van der Waals surface area contributed by atoms with Crippen LogP contribution in [0.15, 0.2) is 129 Å². The highest BCUT2D eigenvalue weighted by Gasteiger charge is 2.24. The minimum absolute atomic E-state index is 0.0145. The standard InChI is InChI=1S/2C24H20ClFN4O6S/c2*1-13(24(32)33)11-30-12-28-19-5-3-14(7-17(19)23(30)31)15-8-20(22(36-2)27-10-15)29-37(34,35)21-6-4-16(26)9-18(21)25/h2*3-10,12-13,29H,11H2,1-2H3,(H,32,33)/t2*13-/m10/s1. The van der Waals surface area contributed by atoms with Gasteiger partial charge in [0, 0.05) is 36.6 Å². The monoisotopic (exact) mass is 1090 g/mol. The van der Waals surface area contributed by atoms with E-state index in [1.54, 1.807) is 36.4 Å². The largest absolute Gasteiger partial charge is 0.481 e. The molecular weight excluding hydrogens is 1050 g/mol. The van der Waals surface area contributed by atoms with Gasteiger partial charge < -0.3 is 19.7 Å². The van der Waals surface area contributed by atoms with Crippen LogP contribution in [0, 0.1) is 23.5 Å². The van der Waals surface area contributed by atoms with Crippen LogP contribution in [0.5, 0.6) is 11.8 Å². The summed E-state index contributed by atoms with van der Waals surface area (Å²) in [7, 11) is -5.85. The van der Waals surface area contributed by atoms with Gasteiger partial charge in [0.1, 0.15) is 32.8 Å². The third kappa shape index (κ3) is 11.9. The molecule has 0 radical (unpaired) electrons. The Morgan fingerprint density at radius 3 is 1.31 bits per heavy atom. The topological polar surface area (TPSA) is 281 Å². The Morgan fingerprint density at radius 2 is 0.973 bits per heavy atom. The molecule has 2 atom stereocenters. The number of carboxylic acid groups (broad SMARTS) is 2. The van der Waals surface area contributed by atoms with Gasteiger partial charge in [-0.05, 0) is 83.9 Å².